The van der Waals surface area contributed by atoms with E-state index in [1.54, 1.807) is 4.90 Å². The van der Waals surface area contributed by atoms with Crippen LogP contribution < -0.4 is 5.32 Å². The fourth-order valence-corrected chi connectivity index (χ4v) is 2.07. The second-order valence-electron chi connectivity index (χ2n) is 4.55. The summed E-state index contributed by atoms with van der Waals surface area (Å²) >= 11 is 0. The summed E-state index contributed by atoms with van der Waals surface area (Å²) in [6, 6.07) is -1.02. The van der Waals surface area contributed by atoms with Crippen molar-refractivity contribution in [2.75, 3.05) is 26.8 Å². The van der Waals surface area contributed by atoms with E-state index in [4.69, 9.17) is 5.11 Å². The first-order valence-electron chi connectivity index (χ1n) is 6.24. The van der Waals surface area contributed by atoms with E-state index in [1.165, 1.54) is 14.0 Å². The van der Waals surface area contributed by atoms with E-state index in [2.05, 4.69) is 10.1 Å². The van der Waals surface area contributed by atoms with E-state index in [-0.39, 0.29) is 17.7 Å². The van der Waals surface area contributed by atoms with Crippen molar-refractivity contribution < 1.29 is 24.2 Å². The number of aliphatic hydroxyl groups excluding tert-OH is 1. The number of ether oxygens (including phenoxy) is 1. The molecular formula is C12H20N2O5. The SMILES string of the molecule is COC(=O)C(CO)NC(=O)C1CCN(C(C)=O)CC1. The molecule has 0 aromatic carbocycles. The minimum Gasteiger partial charge on any atom is -0.467 e. The molecule has 0 aromatic heterocycles. The molecule has 0 spiro atoms. The molecule has 2 N–H and O–H groups in total. The van der Waals surface area contributed by atoms with Crippen LogP contribution in [0.2, 0.25) is 0 Å². The van der Waals surface area contributed by atoms with Gasteiger partial charge in [0.15, 0.2) is 6.04 Å². The zero-order chi connectivity index (χ0) is 14.4. The summed E-state index contributed by atoms with van der Waals surface area (Å²) in [6.45, 7) is 2.08. The number of hydrogen-bond donors (Lipinski definition) is 2. The van der Waals surface area contributed by atoms with E-state index in [1.807, 2.05) is 0 Å². The highest BCUT2D eigenvalue weighted by Gasteiger charge is 2.29. The molecule has 7 heteroatoms. The van der Waals surface area contributed by atoms with Gasteiger partial charge in [-0.15, -0.1) is 0 Å². The Morgan fingerprint density at radius 2 is 1.95 bits per heavy atom. The van der Waals surface area contributed by atoms with Crippen LogP contribution in [-0.4, -0.2) is 60.6 Å². The number of likely N-dealkylation sites (tertiary alicyclic amines) is 1. The summed E-state index contributed by atoms with van der Waals surface area (Å²) in [5.41, 5.74) is 0. The summed E-state index contributed by atoms with van der Waals surface area (Å²) < 4.78 is 4.47. The van der Waals surface area contributed by atoms with Crippen molar-refractivity contribution in [3.63, 3.8) is 0 Å². The lowest BCUT2D eigenvalue weighted by molar-refractivity contribution is -0.147. The van der Waals surface area contributed by atoms with Gasteiger partial charge in [-0.2, -0.15) is 0 Å². The monoisotopic (exact) mass is 272 g/mol. The molecule has 108 valence electrons. The normalized spacial score (nSPS) is 17.7. The molecule has 0 saturated carbocycles. The lowest BCUT2D eigenvalue weighted by Gasteiger charge is -2.31. The van der Waals surface area contributed by atoms with E-state index >= 15 is 0 Å². The van der Waals surface area contributed by atoms with Crippen molar-refractivity contribution >= 4 is 17.8 Å². The van der Waals surface area contributed by atoms with Crippen LogP contribution >= 0.6 is 0 Å². The third kappa shape index (κ3) is 4.20. The second kappa shape index (κ2) is 7.08. The molecule has 1 aliphatic heterocycles. The smallest absolute Gasteiger partial charge is 0.330 e. The third-order valence-corrected chi connectivity index (χ3v) is 3.30. The zero-order valence-corrected chi connectivity index (χ0v) is 11.2. The first-order chi connectivity index (χ1) is 8.99. The van der Waals surface area contributed by atoms with Gasteiger partial charge in [-0.25, -0.2) is 4.79 Å². The number of hydrogen-bond acceptors (Lipinski definition) is 5. The Hall–Kier alpha value is -1.63. The highest BCUT2D eigenvalue weighted by atomic mass is 16.5. The molecule has 7 nitrogen and oxygen atoms in total. The van der Waals surface area contributed by atoms with Gasteiger partial charge in [0.25, 0.3) is 0 Å². The molecule has 0 bridgehead atoms. The molecule has 1 heterocycles. The van der Waals surface area contributed by atoms with Gasteiger partial charge in [-0.3, -0.25) is 9.59 Å². The zero-order valence-electron chi connectivity index (χ0n) is 11.2. The number of nitrogens with zero attached hydrogens (tertiary/aromatic N) is 1. The van der Waals surface area contributed by atoms with Gasteiger partial charge in [0, 0.05) is 25.9 Å². The van der Waals surface area contributed by atoms with Gasteiger partial charge < -0.3 is 20.1 Å². The molecule has 1 atom stereocenters. The van der Waals surface area contributed by atoms with E-state index in [0.717, 1.165) is 0 Å². The van der Waals surface area contributed by atoms with Gasteiger partial charge in [0.05, 0.1) is 13.7 Å². The maximum absolute atomic E-state index is 11.9. The topological polar surface area (TPSA) is 95.9 Å². The second-order valence-corrected chi connectivity index (χ2v) is 4.55. The minimum absolute atomic E-state index is 0.00153. The Morgan fingerprint density at radius 3 is 2.37 bits per heavy atom. The maximum Gasteiger partial charge on any atom is 0.330 e. The number of methoxy groups -OCH3 is 1. The molecule has 19 heavy (non-hydrogen) atoms. The summed E-state index contributed by atoms with van der Waals surface area (Å²) in [7, 11) is 1.20. The Bertz CT molecular complexity index is 350. The van der Waals surface area contributed by atoms with Crippen LogP contribution in [0.1, 0.15) is 19.8 Å². The number of esters is 1. The number of carbonyl (C=O) groups is 3. The lowest BCUT2D eigenvalue weighted by atomic mass is 9.95. The van der Waals surface area contributed by atoms with Gasteiger partial charge in [0.2, 0.25) is 11.8 Å². The standard InChI is InChI=1S/C12H20N2O5/c1-8(16)14-5-3-9(4-6-14)11(17)13-10(7-15)12(18)19-2/h9-10,15H,3-7H2,1-2H3,(H,13,17). The molecule has 1 aliphatic rings. The molecule has 0 aromatic rings. The number of piperidine rings is 1. The Balaban J connectivity index is 2.47. The Labute approximate surface area is 111 Å². The fourth-order valence-electron chi connectivity index (χ4n) is 2.07. The van der Waals surface area contributed by atoms with Crippen LogP contribution in [0.5, 0.6) is 0 Å². The highest BCUT2D eigenvalue weighted by Crippen LogP contribution is 2.17. The number of rotatable bonds is 4. The van der Waals surface area contributed by atoms with Gasteiger partial charge in [-0.1, -0.05) is 0 Å². The van der Waals surface area contributed by atoms with Crippen molar-refractivity contribution in [3.8, 4) is 0 Å². The number of nitrogens with one attached hydrogen (secondary N) is 1. The van der Waals surface area contributed by atoms with Crippen molar-refractivity contribution in [1.82, 2.24) is 10.2 Å². The summed E-state index contributed by atoms with van der Waals surface area (Å²) in [5.74, 6) is -1.19. The van der Waals surface area contributed by atoms with Crippen LogP contribution in [0.3, 0.4) is 0 Å². The van der Waals surface area contributed by atoms with E-state index < -0.39 is 18.6 Å². The van der Waals surface area contributed by atoms with Crippen LogP contribution in [-0.2, 0) is 19.1 Å². The van der Waals surface area contributed by atoms with Gasteiger partial charge in [0.1, 0.15) is 0 Å². The molecule has 1 saturated heterocycles. The van der Waals surface area contributed by atoms with E-state index in [0.29, 0.717) is 25.9 Å². The van der Waals surface area contributed by atoms with Gasteiger partial charge >= 0.3 is 5.97 Å². The first kappa shape index (κ1) is 15.4. The fraction of sp³-hybridized carbons (Fsp3) is 0.750. The molecule has 1 rings (SSSR count). The van der Waals surface area contributed by atoms with Crippen molar-refractivity contribution in [2.24, 2.45) is 5.92 Å². The largest absolute Gasteiger partial charge is 0.467 e. The van der Waals surface area contributed by atoms with Crippen molar-refractivity contribution in [1.29, 1.82) is 0 Å². The van der Waals surface area contributed by atoms with Crippen LogP contribution in [0, 0.1) is 5.92 Å². The van der Waals surface area contributed by atoms with Crippen LogP contribution in [0.4, 0.5) is 0 Å². The molecule has 0 aliphatic carbocycles. The predicted octanol–water partition coefficient (Wildman–Crippen LogP) is -1.10. The number of carbonyl (C=O) groups excluding carboxylic acids is 3. The molecule has 0 radical (unpaired) electrons. The van der Waals surface area contributed by atoms with Crippen LogP contribution in [0.15, 0.2) is 0 Å². The summed E-state index contributed by atoms with van der Waals surface area (Å²) in [4.78, 5) is 36.0. The first-order valence-corrected chi connectivity index (χ1v) is 6.24. The lowest BCUT2D eigenvalue weighted by Crippen LogP contribution is -2.49. The molecular weight excluding hydrogens is 252 g/mol. The molecule has 2 amide bonds. The highest BCUT2D eigenvalue weighted by molar-refractivity contribution is 5.86. The maximum atomic E-state index is 11.9. The van der Waals surface area contributed by atoms with Gasteiger partial charge in [-0.05, 0) is 12.8 Å². The number of amides is 2. The van der Waals surface area contributed by atoms with Crippen molar-refractivity contribution in [2.45, 2.75) is 25.8 Å². The minimum atomic E-state index is -1.02. The quantitative estimate of drug-likeness (QED) is 0.633. The summed E-state index contributed by atoms with van der Waals surface area (Å²) in [6.07, 6.45) is 1.12. The van der Waals surface area contributed by atoms with E-state index in [9.17, 15) is 14.4 Å². The Morgan fingerprint density at radius 1 is 1.37 bits per heavy atom. The van der Waals surface area contributed by atoms with Crippen molar-refractivity contribution in [3.05, 3.63) is 0 Å². The predicted molar refractivity (Wildman–Crippen MR) is 66.0 cm³/mol. The average molecular weight is 272 g/mol. The number of aliphatic hydroxyl groups is 1. The molecule has 1 unspecified atom stereocenters. The summed E-state index contributed by atoms with van der Waals surface area (Å²) in [5, 5.41) is 11.5. The Kier molecular flexibility index (Phi) is 5.75. The average Bonchev–Trinajstić information content (AvgIpc) is 2.43. The van der Waals surface area contributed by atoms with Crippen LogP contribution in [0.25, 0.3) is 0 Å². The third-order valence-electron chi connectivity index (χ3n) is 3.30. The molecule has 1 fully saturated rings.